The predicted molar refractivity (Wildman–Crippen MR) is 100 cm³/mol. The minimum atomic E-state index is 0. The van der Waals surface area contributed by atoms with Gasteiger partial charge < -0.3 is 11.1 Å². The highest BCUT2D eigenvalue weighted by Crippen LogP contribution is 2.35. The van der Waals surface area contributed by atoms with Gasteiger partial charge in [-0.25, -0.2) is 0 Å². The van der Waals surface area contributed by atoms with Crippen LogP contribution in [-0.4, -0.2) is 36.5 Å². The van der Waals surface area contributed by atoms with Crippen molar-refractivity contribution < 1.29 is 4.79 Å². The Bertz CT molecular complexity index is 569. The molecule has 2 fully saturated rings. The number of hydrogen-bond donors (Lipinski definition) is 2. The second-order valence-corrected chi connectivity index (χ2v) is 7.64. The van der Waals surface area contributed by atoms with Gasteiger partial charge in [-0.3, -0.25) is 9.69 Å². The first kappa shape index (κ1) is 18.7. The van der Waals surface area contributed by atoms with E-state index in [1.165, 1.54) is 12.8 Å². The standard InChI is InChI=1S/C17H24BrN3O.ClH/c1-11-7-13(18)5-6-16(11)20-17(22)10-21-8-12-3-2-4-15(19)14(12)9-21;/h5-7,12,14-15H,2-4,8-10,19H2,1H3,(H,20,22);1H. The van der Waals surface area contributed by atoms with Gasteiger partial charge in [0.05, 0.1) is 6.54 Å². The molecular formula is C17H25BrClN3O. The van der Waals surface area contributed by atoms with Crippen LogP contribution in [0.2, 0.25) is 0 Å². The van der Waals surface area contributed by atoms with Gasteiger partial charge in [0.15, 0.2) is 0 Å². The fourth-order valence-electron chi connectivity index (χ4n) is 3.90. The predicted octanol–water partition coefficient (Wildman–Crippen LogP) is 3.18. The third-order valence-electron chi connectivity index (χ3n) is 5.06. The van der Waals surface area contributed by atoms with Crippen LogP contribution in [0.5, 0.6) is 0 Å². The zero-order valence-electron chi connectivity index (χ0n) is 13.4. The third-order valence-corrected chi connectivity index (χ3v) is 5.55. The van der Waals surface area contributed by atoms with E-state index in [1.807, 2.05) is 25.1 Å². The van der Waals surface area contributed by atoms with Gasteiger partial charge in [0.25, 0.3) is 0 Å². The molecule has 23 heavy (non-hydrogen) atoms. The SMILES string of the molecule is Cc1cc(Br)ccc1NC(=O)CN1CC2CCCC(N)C2C1.Cl. The highest BCUT2D eigenvalue weighted by molar-refractivity contribution is 9.10. The Morgan fingerprint density at radius 1 is 1.39 bits per heavy atom. The first-order valence-electron chi connectivity index (χ1n) is 8.07. The van der Waals surface area contributed by atoms with Crippen LogP contribution in [0.1, 0.15) is 24.8 Å². The number of amides is 1. The Hall–Kier alpha value is -0.620. The molecule has 3 unspecified atom stereocenters. The van der Waals surface area contributed by atoms with Gasteiger partial charge in [0.1, 0.15) is 0 Å². The number of rotatable bonds is 3. The van der Waals surface area contributed by atoms with Crippen LogP contribution in [-0.2, 0) is 4.79 Å². The lowest BCUT2D eigenvalue weighted by molar-refractivity contribution is -0.117. The monoisotopic (exact) mass is 401 g/mol. The van der Waals surface area contributed by atoms with E-state index in [1.54, 1.807) is 0 Å². The van der Waals surface area contributed by atoms with Gasteiger partial charge in [-0.05, 0) is 55.4 Å². The highest BCUT2D eigenvalue weighted by Gasteiger charge is 2.38. The van der Waals surface area contributed by atoms with Gasteiger partial charge in [0, 0.05) is 29.3 Å². The zero-order chi connectivity index (χ0) is 15.7. The highest BCUT2D eigenvalue weighted by atomic mass is 79.9. The molecule has 0 bridgehead atoms. The summed E-state index contributed by atoms with van der Waals surface area (Å²) in [7, 11) is 0. The second kappa shape index (κ2) is 7.97. The number of anilines is 1. The van der Waals surface area contributed by atoms with Crippen molar-refractivity contribution in [1.29, 1.82) is 0 Å². The second-order valence-electron chi connectivity index (χ2n) is 6.72. The Balaban J connectivity index is 0.00000192. The van der Waals surface area contributed by atoms with E-state index in [0.29, 0.717) is 24.4 Å². The molecule has 128 valence electrons. The summed E-state index contributed by atoms with van der Waals surface area (Å²) < 4.78 is 1.03. The largest absolute Gasteiger partial charge is 0.327 e. The maximum Gasteiger partial charge on any atom is 0.238 e. The average molecular weight is 403 g/mol. The van der Waals surface area contributed by atoms with Crippen LogP contribution in [0, 0.1) is 18.8 Å². The third kappa shape index (κ3) is 4.47. The van der Waals surface area contributed by atoms with Gasteiger partial charge in [-0.1, -0.05) is 22.4 Å². The van der Waals surface area contributed by atoms with Crippen molar-refractivity contribution in [3.63, 3.8) is 0 Å². The molecule has 1 aromatic rings. The number of halogens is 2. The van der Waals surface area contributed by atoms with Crippen LogP contribution >= 0.6 is 28.3 Å². The first-order valence-corrected chi connectivity index (χ1v) is 8.86. The van der Waals surface area contributed by atoms with Crippen LogP contribution in [0.3, 0.4) is 0 Å². The number of nitrogens with zero attached hydrogens (tertiary/aromatic N) is 1. The summed E-state index contributed by atoms with van der Waals surface area (Å²) in [6.07, 6.45) is 3.64. The number of benzene rings is 1. The lowest BCUT2D eigenvalue weighted by atomic mass is 9.78. The number of likely N-dealkylation sites (tertiary alicyclic amines) is 1. The summed E-state index contributed by atoms with van der Waals surface area (Å²) in [5.74, 6) is 1.33. The van der Waals surface area contributed by atoms with Crippen LogP contribution in [0.15, 0.2) is 22.7 Å². The van der Waals surface area contributed by atoms with Crippen molar-refractivity contribution in [1.82, 2.24) is 4.90 Å². The maximum atomic E-state index is 12.3. The molecule has 1 saturated heterocycles. The van der Waals surface area contributed by atoms with Crippen molar-refractivity contribution in [3.8, 4) is 0 Å². The van der Waals surface area contributed by atoms with E-state index in [2.05, 4.69) is 26.1 Å². The normalized spacial score (nSPS) is 27.2. The number of fused-ring (bicyclic) bond motifs is 1. The minimum Gasteiger partial charge on any atom is -0.327 e. The van der Waals surface area contributed by atoms with E-state index < -0.39 is 0 Å². The minimum absolute atomic E-state index is 0. The molecule has 1 aliphatic carbocycles. The lowest BCUT2D eigenvalue weighted by Crippen LogP contribution is -2.38. The van der Waals surface area contributed by atoms with E-state index in [9.17, 15) is 4.79 Å². The van der Waals surface area contributed by atoms with Crippen LogP contribution < -0.4 is 11.1 Å². The summed E-state index contributed by atoms with van der Waals surface area (Å²) in [5.41, 5.74) is 8.20. The van der Waals surface area contributed by atoms with Crippen molar-refractivity contribution in [3.05, 3.63) is 28.2 Å². The topological polar surface area (TPSA) is 58.4 Å². The molecule has 3 atom stereocenters. The van der Waals surface area contributed by atoms with Crippen molar-refractivity contribution in [2.45, 2.75) is 32.2 Å². The molecule has 0 radical (unpaired) electrons. The Morgan fingerprint density at radius 3 is 2.87 bits per heavy atom. The number of carbonyl (C=O) groups is 1. The fraction of sp³-hybridized carbons (Fsp3) is 0.588. The molecule has 3 rings (SSSR count). The first-order chi connectivity index (χ1) is 10.5. The maximum absolute atomic E-state index is 12.3. The van der Waals surface area contributed by atoms with Crippen LogP contribution in [0.25, 0.3) is 0 Å². The smallest absolute Gasteiger partial charge is 0.238 e. The average Bonchev–Trinajstić information content (AvgIpc) is 2.86. The van der Waals surface area contributed by atoms with Gasteiger partial charge >= 0.3 is 0 Å². The van der Waals surface area contributed by atoms with Crippen molar-refractivity contribution in [2.75, 3.05) is 25.0 Å². The van der Waals surface area contributed by atoms with Gasteiger partial charge in [0.2, 0.25) is 5.91 Å². The summed E-state index contributed by atoms with van der Waals surface area (Å²) in [5, 5.41) is 3.02. The van der Waals surface area contributed by atoms with E-state index in [4.69, 9.17) is 5.73 Å². The molecule has 2 aliphatic rings. The molecule has 1 amide bonds. The van der Waals surface area contributed by atoms with Crippen molar-refractivity contribution in [2.24, 2.45) is 17.6 Å². The van der Waals surface area contributed by atoms with E-state index >= 15 is 0 Å². The molecule has 3 N–H and O–H groups in total. The fourth-order valence-corrected chi connectivity index (χ4v) is 4.37. The molecule has 4 nitrogen and oxygen atoms in total. The Morgan fingerprint density at radius 2 is 2.17 bits per heavy atom. The molecule has 0 spiro atoms. The van der Waals surface area contributed by atoms with Crippen LogP contribution in [0.4, 0.5) is 5.69 Å². The number of carbonyl (C=O) groups excluding carboxylic acids is 1. The molecule has 1 aliphatic heterocycles. The molecule has 1 heterocycles. The summed E-state index contributed by atoms with van der Waals surface area (Å²) in [6, 6.07) is 6.22. The van der Waals surface area contributed by atoms with E-state index in [-0.39, 0.29) is 18.3 Å². The Kier molecular flexibility index (Phi) is 6.48. The molecule has 0 aromatic heterocycles. The summed E-state index contributed by atoms with van der Waals surface area (Å²) in [6.45, 7) is 4.46. The molecule has 1 aromatic carbocycles. The zero-order valence-corrected chi connectivity index (χ0v) is 15.8. The summed E-state index contributed by atoms with van der Waals surface area (Å²) in [4.78, 5) is 14.6. The molecule has 1 saturated carbocycles. The quantitative estimate of drug-likeness (QED) is 0.816. The Labute approximate surface area is 152 Å². The van der Waals surface area contributed by atoms with Crippen molar-refractivity contribution >= 4 is 39.9 Å². The molecular weight excluding hydrogens is 378 g/mol. The number of nitrogens with two attached hydrogens (primary N) is 1. The summed E-state index contributed by atoms with van der Waals surface area (Å²) >= 11 is 3.44. The number of aryl methyl sites for hydroxylation is 1. The number of hydrogen-bond acceptors (Lipinski definition) is 3. The molecule has 6 heteroatoms. The van der Waals surface area contributed by atoms with Gasteiger partial charge in [-0.15, -0.1) is 12.4 Å². The van der Waals surface area contributed by atoms with E-state index in [0.717, 1.165) is 35.2 Å². The van der Waals surface area contributed by atoms with Gasteiger partial charge in [-0.2, -0.15) is 0 Å². The number of nitrogens with one attached hydrogen (secondary N) is 1. The lowest BCUT2D eigenvalue weighted by Gasteiger charge is -2.29.